The van der Waals surface area contributed by atoms with E-state index < -0.39 is 166 Å². The van der Waals surface area contributed by atoms with Gasteiger partial charge in [0.05, 0.1) is 36.2 Å². The zero-order valence-corrected chi connectivity index (χ0v) is 84.7. The fourth-order valence-electron chi connectivity index (χ4n) is 9.60. The van der Waals surface area contributed by atoms with Crippen molar-refractivity contribution >= 4 is 125 Å². The molecular formula is C107H132F3N3O32. The fourth-order valence-corrected chi connectivity index (χ4v) is 9.60. The number of allylic oxidation sites excluding steroid dienone is 4. The molecule has 3 aliphatic heterocycles. The molecular weight excluding hydrogens is 1900 g/mol. The van der Waals surface area contributed by atoms with Crippen molar-refractivity contribution in [3.8, 4) is 0 Å². The maximum Gasteiger partial charge on any atom is 0.392 e. The van der Waals surface area contributed by atoms with Crippen LogP contribution in [0.15, 0.2) is 287 Å². The molecule has 2 bridgehead atoms. The SMILES string of the molecule is C1=CC2CCC1C2.C=C(C)C(=O)OCC(COC(=O)C(=C)C)(COC(=O)C(=C)C)COC(=O)C(=C)C.C=C(C)C(=O)OCC(COCC(COC(=O)C(=C)C)(COC(=O)C(=C)C)COC(=O)C(=C)C)(COC(=O)C(=C)C)COC(=O)C(=C)C.C=C(C)C(=O)ON(C)C.C=CC(=C)C.C=CC(=O)OCCC(F)(F)F.C=Cc1ccc(C=C)cc1.O=C1C=CC(=O)N1.O=C1C=CC(=O)N1c1ccccc1.O=C1C=CC(=O)O1. The minimum Gasteiger partial charge on any atom is -0.462 e. The van der Waals surface area contributed by atoms with Crippen LogP contribution in [0.25, 0.3) is 12.2 Å². The highest BCUT2D eigenvalue weighted by Crippen LogP contribution is 2.38. The van der Waals surface area contributed by atoms with E-state index in [4.69, 9.17) is 52.1 Å². The highest BCUT2D eigenvalue weighted by Gasteiger charge is 2.43. The second kappa shape index (κ2) is 69.8. The lowest BCUT2D eigenvalue weighted by atomic mass is 9.90. The monoisotopic (exact) mass is 2030 g/mol. The molecule has 0 saturated heterocycles. The zero-order chi connectivity index (χ0) is 112. The molecule has 2 unspecified atom stereocenters. The predicted molar refractivity (Wildman–Crippen MR) is 534 cm³/mol. The van der Waals surface area contributed by atoms with Crippen LogP contribution in [0, 0.1) is 28.1 Å². The van der Waals surface area contributed by atoms with Gasteiger partial charge in [-0.05, 0) is 137 Å². The molecule has 38 heteroatoms. The first-order valence-corrected chi connectivity index (χ1v) is 43.6. The second-order valence-corrected chi connectivity index (χ2v) is 33.1. The van der Waals surface area contributed by atoms with Gasteiger partial charge in [-0.1, -0.05) is 184 Å². The van der Waals surface area contributed by atoms with Crippen molar-refractivity contribution in [2.45, 2.75) is 115 Å². The number of nitrogens with zero attached hydrogens (tertiary/aromatic N) is 2. The first kappa shape index (κ1) is 133. The van der Waals surface area contributed by atoms with Gasteiger partial charge in [-0.3, -0.25) is 24.5 Å². The highest BCUT2D eigenvalue weighted by molar-refractivity contribution is 6.28. The third-order valence-corrected chi connectivity index (χ3v) is 17.7. The van der Waals surface area contributed by atoms with E-state index in [1.54, 1.807) is 51.4 Å². The number of carbonyl (C=O) groups is 18. The number of cyclic esters (lactones) is 2. The number of nitrogens with one attached hydrogen (secondary N) is 1. The lowest BCUT2D eigenvalue weighted by Crippen LogP contribution is -2.47. The number of benzene rings is 2. The Morgan fingerprint density at radius 3 is 0.793 bits per heavy atom. The molecule has 5 aliphatic rings. The molecule has 4 amide bonds. The van der Waals surface area contributed by atoms with Gasteiger partial charge in [-0.2, -0.15) is 13.2 Å². The summed E-state index contributed by atoms with van der Waals surface area (Å²) in [7, 11) is 3.28. The van der Waals surface area contributed by atoms with Crippen molar-refractivity contribution < 1.29 is 166 Å². The fraction of sp³-hybridized carbons (Fsp3) is 0.346. The molecule has 3 heterocycles. The Kier molecular flexibility index (Phi) is 64.1. The van der Waals surface area contributed by atoms with E-state index in [2.05, 4.69) is 132 Å². The van der Waals surface area contributed by atoms with Gasteiger partial charge in [0.15, 0.2) is 0 Å². The number of rotatable bonds is 43. The molecule has 35 nitrogen and oxygen atoms in total. The van der Waals surface area contributed by atoms with Gasteiger partial charge in [0.25, 0.3) is 23.6 Å². The van der Waals surface area contributed by atoms with Crippen LogP contribution < -0.4 is 10.2 Å². The Morgan fingerprint density at radius 2 is 0.628 bits per heavy atom. The number of carbonyl (C=O) groups excluding carboxylic acids is 18. The number of amides is 4. The van der Waals surface area contributed by atoms with Gasteiger partial charge in [-0.25, -0.2) is 72.0 Å². The smallest absolute Gasteiger partial charge is 0.392 e. The maximum atomic E-state index is 12.4. The van der Waals surface area contributed by atoms with Crippen LogP contribution in [0.1, 0.15) is 120 Å². The number of para-hydroxylation sites is 1. The molecule has 2 atom stereocenters. The highest BCUT2D eigenvalue weighted by atomic mass is 19.4. The summed E-state index contributed by atoms with van der Waals surface area (Å²) in [6.45, 7) is 67.8. The van der Waals surface area contributed by atoms with E-state index in [0.29, 0.717) is 11.3 Å². The van der Waals surface area contributed by atoms with Gasteiger partial charge in [-0.15, -0.1) is 5.06 Å². The van der Waals surface area contributed by atoms with E-state index in [-0.39, 0.29) is 112 Å². The number of hydrogen-bond acceptors (Lipinski definition) is 33. The molecule has 0 aromatic heterocycles. The van der Waals surface area contributed by atoms with Crippen molar-refractivity contribution in [2.24, 2.45) is 28.1 Å². The molecule has 0 radical (unpaired) electrons. The van der Waals surface area contributed by atoms with Gasteiger partial charge in [0.2, 0.25) is 0 Å². The second-order valence-electron chi connectivity index (χ2n) is 33.1. The lowest BCUT2D eigenvalue weighted by Gasteiger charge is -2.35. The van der Waals surface area contributed by atoms with Gasteiger partial charge in [0.1, 0.15) is 78.1 Å². The van der Waals surface area contributed by atoms with Crippen molar-refractivity contribution in [3.63, 3.8) is 0 Å². The summed E-state index contributed by atoms with van der Waals surface area (Å²) in [5.74, 6) is -9.18. The average molecular weight is 2030 g/mol. The number of alkyl halides is 3. The summed E-state index contributed by atoms with van der Waals surface area (Å²) in [5, 5.41) is 3.36. The molecule has 2 aromatic carbocycles. The van der Waals surface area contributed by atoms with Crippen molar-refractivity contribution in [1.29, 1.82) is 0 Å². The van der Waals surface area contributed by atoms with Crippen LogP contribution in [-0.2, 0) is 153 Å². The summed E-state index contributed by atoms with van der Waals surface area (Å²) in [5.41, 5.74) is 0.837. The number of imide groups is 2. The molecule has 1 fully saturated rings. The van der Waals surface area contributed by atoms with Crippen LogP contribution in [0.4, 0.5) is 18.9 Å². The number of fused-ring (bicyclic) bond motifs is 2. The molecule has 7 rings (SSSR count). The number of anilines is 1. The molecule has 1 saturated carbocycles. The third-order valence-electron chi connectivity index (χ3n) is 17.7. The first-order chi connectivity index (χ1) is 67.4. The van der Waals surface area contributed by atoms with E-state index >= 15 is 0 Å². The normalized spacial score (nSPS) is 13.1. The quantitative estimate of drug-likeness (QED) is 0.00941. The summed E-state index contributed by atoms with van der Waals surface area (Å²) in [6, 6.07) is 16.9. The standard InChI is InChI=1S/C34H46O13.C21H28O8.C10H7NO2.C10H10.C7H10.C6H7F3O2.C6H11NO2.C5H8.C4H3NO2.C4H2O3/c1-21(2)27(35)42-15-33(16-43-28(36)22(3)4,17-44-29(37)23(5)6)13-41-14-34(18-45-30(38)24(7)8,19-46-31(39)25(9)10)20-47-32(40)26(11)12;1-13(2)17(22)26-9-21(10-27-18(23)14(3)4,11-28-19(24)15(5)6)12-29-20(25)16(7)8;12-9-6-7-10(13)11(9)8-4-2-1-3-5-8;1-3-9-5-7-10(4-2)8-6-9;1-2-7-4-3-6(1)5-7;1-2-5(10)11-4-3-6(7,8)9;1-5(2)6(8)9-7(3)4;1-4-5(2)3;6-3-1-2-4(7)5-3;5-3-1-2-4(6)7-3/h1,3,5,7,9,11,13-20H2,2,4,6,8,10,12H3;1,3,5,7,9-12H2,2,4,6,8H3;1-7H;3-8H,1-2H2;1-2,6-7H,3-5H2;2H,1,3-4H2;1H2,2-4H3;4H,1-2H2,3H3;1-2H,(H,5,6,7);1-2H. The Balaban J connectivity index is -0.00000172. The number of hydrogen-bond donors (Lipinski definition) is 1. The largest absolute Gasteiger partial charge is 0.462 e. The van der Waals surface area contributed by atoms with Crippen LogP contribution in [-0.4, -0.2) is 218 Å². The Labute approximate surface area is 843 Å². The van der Waals surface area contributed by atoms with E-state index in [1.807, 2.05) is 54.7 Å². The van der Waals surface area contributed by atoms with Crippen LogP contribution >= 0.6 is 0 Å². The van der Waals surface area contributed by atoms with Gasteiger partial charge in [0, 0.05) is 118 Å². The van der Waals surface area contributed by atoms with Crippen molar-refractivity contribution in [1.82, 2.24) is 10.4 Å². The summed E-state index contributed by atoms with van der Waals surface area (Å²) in [4.78, 5) is 210. The number of hydroxylamine groups is 2. The zero-order valence-electron chi connectivity index (χ0n) is 84.7. The number of halogens is 3. The third kappa shape index (κ3) is 61.4. The van der Waals surface area contributed by atoms with Crippen molar-refractivity contribution in [3.05, 3.63) is 299 Å². The minimum atomic E-state index is -4.28. The minimum absolute atomic E-state index is 0.0645. The summed E-state index contributed by atoms with van der Waals surface area (Å²) >= 11 is 0. The summed E-state index contributed by atoms with van der Waals surface area (Å²) < 4.78 is 101. The molecule has 1 N–H and O–H groups in total. The van der Waals surface area contributed by atoms with Crippen LogP contribution in [0.2, 0.25) is 0 Å². The Bertz CT molecular complexity index is 4770. The summed E-state index contributed by atoms with van der Waals surface area (Å²) in [6.07, 6.45) is 17.1. The number of esters is 13. The molecule has 0 spiro atoms. The molecule has 2 aliphatic carbocycles. The maximum absolute atomic E-state index is 12.4. The topological polar surface area (TPSA) is 455 Å². The Hall–Kier alpha value is -16.0. The van der Waals surface area contributed by atoms with E-state index in [1.165, 1.54) is 118 Å². The molecule has 145 heavy (non-hydrogen) atoms. The number of ether oxygens (including phenoxy) is 13. The van der Waals surface area contributed by atoms with Crippen molar-refractivity contribution in [2.75, 3.05) is 105 Å². The van der Waals surface area contributed by atoms with Crippen LogP contribution in [0.5, 0.6) is 0 Å². The van der Waals surface area contributed by atoms with Crippen LogP contribution in [0.3, 0.4) is 0 Å². The first-order valence-electron chi connectivity index (χ1n) is 43.6. The molecule has 788 valence electrons. The van der Waals surface area contributed by atoms with Gasteiger partial charge >= 0.3 is 89.7 Å². The van der Waals surface area contributed by atoms with E-state index in [0.717, 1.165) is 51.7 Å². The van der Waals surface area contributed by atoms with Gasteiger partial charge < -0.3 is 66.4 Å². The van der Waals surface area contributed by atoms with E-state index in [9.17, 15) is 99.5 Å². The predicted octanol–water partition coefficient (Wildman–Crippen LogP) is 15.0. The Morgan fingerprint density at radius 1 is 0.372 bits per heavy atom. The average Bonchev–Trinajstić information content (AvgIpc) is 1.50. The molecule has 2 aromatic rings. The lowest BCUT2D eigenvalue weighted by molar-refractivity contribution is -0.174.